The maximum atomic E-state index is 12.9. The van der Waals surface area contributed by atoms with Crippen molar-refractivity contribution in [1.82, 2.24) is 0 Å². The summed E-state index contributed by atoms with van der Waals surface area (Å²) in [7, 11) is 1.33. The van der Waals surface area contributed by atoms with Crippen LogP contribution in [0.25, 0.3) is 0 Å². The van der Waals surface area contributed by atoms with E-state index in [1.807, 2.05) is 0 Å². The molecule has 0 bridgehead atoms. The fraction of sp³-hybridized carbons (Fsp3) is 0.400. The van der Waals surface area contributed by atoms with Crippen LogP contribution in [0.4, 0.5) is 20.2 Å². The second-order valence-corrected chi connectivity index (χ2v) is 3.59. The van der Waals surface area contributed by atoms with E-state index in [0.29, 0.717) is 0 Å². The average molecular weight is 261 g/mol. The molecular weight excluding hydrogens is 248 g/mol. The van der Waals surface area contributed by atoms with Gasteiger partial charge in [-0.15, -0.1) is 0 Å². The molecule has 0 aliphatic heterocycles. The molecule has 0 aromatic heterocycles. The Bertz CT molecular complexity index is 440. The van der Waals surface area contributed by atoms with Crippen LogP contribution >= 0.6 is 0 Å². The zero-order chi connectivity index (χ0) is 13.8. The Morgan fingerprint density at radius 1 is 1.50 bits per heavy atom. The molecule has 0 saturated carbocycles. The monoisotopic (exact) mass is 261 g/mol. The highest BCUT2D eigenvalue weighted by Crippen LogP contribution is 2.26. The smallest absolute Gasteiger partial charge is 0.276 e. The van der Waals surface area contributed by atoms with E-state index in [1.54, 1.807) is 0 Å². The SMILES string of the molecule is COc1cc(NCC(F)(F)CN)cc([N+](=O)[O-])c1. The summed E-state index contributed by atoms with van der Waals surface area (Å²) >= 11 is 0. The zero-order valence-corrected chi connectivity index (χ0v) is 9.65. The Labute approximate surface area is 102 Å². The number of nitrogens with zero attached hydrogens (tertiary/aromatic N) is 1. The highest BCUT2D eigenvalue weighted by molar-refractivity contribution is 5.56. The lowest BCUT2D eigenvalue weighted by Crippen LogP contribution is -2.35. The molecule has 100 valence electrons. The number of halogens is 2. The fourth-order valence-electron chi connectivity index (χ4n) is 1.21. The molecule has 0 unspecified atom stereocenters. The first-order valence-electron chi connectivity index (χ1n) is 5.03. The van der Waals surface area contributed by atoms with Crippen LogP contribution in [0.5, 0.6) is 5.75 Å². The predicted molar refractivity (Wildman–Crippen MR) is 62.1 cm³/mol. The van der Waals surface area contributed by atoms with Crippen LogP contribution < -0.4 is 15.8 Å². The van der Waals surface area contributed by atoms with Gasteiger partial charge in [0.1, 0.15) is 5.75 Å². The largest absolute Gasteiger partial charge is 0.496 e. The molecule has 1 rings (SSSR count). The van der Waals surface area contributed by atoms with Crippen LogP contribution in [-0.4, -0.2) is 31.0 Å². The van der Waals surface area contributed by atoms with E-state index in [1.165, 1.54) is 19.2 Å². The number of alkyl halides is 2. The summed E-state index contributed by atoms with van der Waals surface area (Å²) in [5.74, 6) is -2.86. The van der Waals surface area contributed by atoms with Crippen molar-refractivity contribution in [3.8, 4) is 5.75 Å². The normalized spacial score (nSPS) is 11.1. The summed E-state index contributed by atoms with van der Waals surface area (Å²) in [6.07, 6.45) is 0. The van der Waals surface area contributed by atoms with Crippen molar-refractivity contribution in [3.63, 3.8) is 0 Å². The third-order valence-electron chi connectivity index (χ3n) is 2.19. The van der Waals surface area contributed by atoms with Crippen molar-refractivity contribution in [3.05, 3.63) is 28.3 Å². The third-order valence-corrected chi connectivity index (χ3v) is 2.19. The van der Waals surface area contributed by atoms with Crippen molar-refractivity contribution in [1.29, 1.82) is 0 Å². The molecule has 0 amide bonds. The highest BCUT2D eigenvalue weighted by atomic mass is 19.3. The maximum absolute atomic E-state index is 12.9. The number of nitrogens with two attached hydrogens (primary N) is 1. The number of methoxy groups -OCH3 is 1. The number of hydrogen-bond donors (Lipinski definition) is 2. The topological polar surface area (TPSA) is 90.4 Å². The van der Waals surface area contributed by atoms with Gasteiger partial charge in [0.25, 0.3) is 11.6 Å². The van der Waals surface area contributed by atoms with E-state index in [0.717, 1.165) is 6.07 Å². The van der Waals surface area contributed by atoms with Crippen LogP contribution in [-0.2, 0) is 0 Å². The van der Waals surface area contributed by atoms with E-state index in [-0.39, 0.29) is 17.1 Å². The van der Waals surface area contributed by atoms with Crippen LogP contribution in [0, 0.1) is 10.1 Å². The Kier molecular flexibility index (Phi) is 4.38. The predicted octanol–water partition coefficient (Wildman–Crippen LogP) is 1.61. The van der Waals surface area contributed by atoms with Crippen molar-refractivity contribution < 1.29 is 18.4 Å². The number of non-ortho nitro benzene ring substituents is 1. The van der Waals surface area contributed by atoms with Crippen molar-refractivity contribution in [2.75, 3.05) is 25.5 Å². The number of anilines is 1. The number of nitro benzene ring substituents is 1. The van der Waals surface area contributed by atoms with E-state index in [9.17, 15) is 18.9 Å². The van der Waals surface area contributed by atoms with Gasteiger partial charge in [-0.1, -0.05) is 0 Å². The van der Waals surface area contributed by atoms with Crippen LogP contribution in [0.15, 0.2) is 18.2 Å². The second-order valence-electron chi connectivity index (χ2n) is 3.59. The highest BCUT2D eigenvalue weighted by Gasteiger charge is 2.26. The number of hydrogen-bond acceptors (Lipinski definition) is 5. The number of benzene rings is 1. The van der Waals surface area contributed by atoms with Crippen molar-refractivity contribution in [2.24, 2.45) is 5.73 Å². The summed E-state index contributed by atoms with van der Waals surface area (Å²) < 4.78 is 30.7. The van der Waals surface area contributed by atoms with E-state index >= 15 is 0 Å². The lowest BCUT2D eigenvalue weighted by atomic mass is 10.2. The van der Waals surface area contributed by atoms with Crippen molar-refractivity contribution in [2.45, 2.75) is 5.92 Å². The van der Waals surface area contributed by atoms with Gasteiger partial charge in [-0.3, -0.25) is 10.1 Å². The van der Waals surface area contributed by atoms with Gasteiger partial charge < -0.3 is 15.8 Å². The third kappa shape index (κ3) is 3.81. The van der Waals surface area contributed by atoms with Gasteiger partial charge in [-0.25, -0.2) is 8.78 Å². The molecule has 0 saturated heterocycles. The van der Waals surface area contributed by atoms with E-state index < -0.39 is 23.9 Å². The Morgan fingerprint density at radius 2 is 2.17 bits per heavy atom. The van der Waals surface area contributed by atoms with Crippen molar-refractivity contribution >= 4 is 11.4 Å². The van der Waals surface area contributed by atoms with Crippen LogP contribution in [0.1, 0.15) is 0 Å². The number of ether oxygens (including phenoxy) is 1. The maximum Gasteiger partial charge on any atom is 0.276 e. The lowest BCUT2D eigenvalue weighted by molar-refractivity contribution is -0.384. The van der Waals surface area contributed by atoms with Gasteiger partial charge in [0.15, 0.2) is 0 Å². The molecule has 0 spiro atoms. The van der Waals surface area contributed by atoms with E-state index in [2.05, 4.69) is 5.32 Å². The summed E-state index contributed by atoms with van der Waals surface area (Å²) in [4.78, 5) is 10.0. The molecule has 0 aliphatic carbocycles. The Hall–Kier alpha value is -1.96. The van der Waals surface area contributed by atoms with E-state index in [4.69, 9.17) is 10.5 Å². The second kappa shape index (κ2) is 5.58. The molecule has 1 aromatic carbocycles. The van der Waals surface area contributed by atoms with Gasteiger partial charge in [0, 0.05) is 17.8 Å². The minimum Gasteiger partial charge on any atom is -0.496 e. The standard InChI is InChI=1S/C10H13F2N3O3/c1-18-9-3-7(2-8(4-9)15(16)17)14-6-10(11,12)5-13/h2-4,14H,5-6,13H2,1H3. The molecule has 0 radical (unpaired) electrons. The number of nitrogens with one attached hydrogen (secondary N) is 1. The molecule has 0 aliphatic rings. The van der Waals surface area contributed by atoms with Gasteiger partial charge in [-0.05, 0) is 0 Å². The minimum absolute atomic E-state index is 0.175. The summed E-state index contributed by atoms with van der Waals surface area (Å²) in [6.45, 7) is -1.50. The lowest BCUT2D eigenvalue weighted by Gasteiger charge is -2.15. The molecular formula is C10H13F2N3O3. The molecule has 6 nitrogen and oxygen atoms in total. The zero-order valence-electron chi connectivity index (χ0n) is 9.65. The molecule has 8 heteroatoms. The fourth-order valence-corrected chi connectivity index (χ4v) is 1.21. The Balaban J connectivity index is 2.88. The summed E-state index contributed by atoms with van der Waals surface area (Å²) in [6, 6.07) is 3.74. The molecule has 18 heavy (non-hydrogen) atoms. The summed E-state index contributed by atoms with van der Waals surface area (Å²) in [5, 5.41) is 13.0. The molecule has 0 fully saturated rings. The number of rotatable bonds is 6. The van der Waals surface area contributed by atoms with Gasteiger partial charge in [-0.2, -0.15) is 0 Å². The van der Waals surface area contributed by atoms with Crippen LogP contribution in [0.3, 0.4) is 0 Å². The quantitative estimate of drug-likeness (QED) is 0.599. The summed E-state index contributed by atoms with van der Waals surface area (Å²) in [5.41, 5.74) is 4.81. The van der Waals surface area contributed by atoms with Gasteiger partial charge >= 0.3 is 0 Å². The van der Waals surface area contributed by atoms with Crippen LogP contribution in [0.2, 0.25) is 0 Å². The first-order chi connectivity index (χ1) is 8.38. The average Bonchev–Trinajstić information content (AvgIpc) is 2.36. The molecule has 0 heterocycles. The Morgan fingerprint density at radius 3 is 2.67 bits per heavy atom. The van der Waals surface area contributed by atoms with Gasteiger partial charge in [0.2, 0.25) is 0 Å². The minimum atomic E-state index is -3.07. The molecule has 3 N–H and O–H groups in total. The molecule has 1 aromatic rings. The first-order valence-corrected chi connectivity index (χ1v) is 5.03. The van der Waals surface area contributed by atoms with Gasteiger partial charge in [0.05, 0.1) is 31.2 Å². The number of nitro groups is 1. The molecule has 0 atom stereocenters. The first kappa shape index (κ1) is 14.1.